The van der Waals surface area contributed by atoms with Crippen molar-refractivity contribution in [2.24, 2.45) is 11.5 Å². The maximum absolute atomic E-state index is 12.3. The molecule has 6 heteroatoms. The van der Waals surface area contributed by atoms with Gasteiger partial charge in [0.05, 0.1) is 0 Å². The van der Waals surface area contributed by atoms with E-state index in [-0.39, 0.29) is 12.3 Å². The highest BCUT2D eigenvalue weighted by atomic mass is 16.4. The molecule has 1 unspecified atom stereocenters. The molecule has 1 amide bonds. The lowest BCUT2D eigenvalue weighted by molar-refractivity contribution is -0.138. The van der Waals surface area contributed by atoms with Crippen LogP contribution in [0.1, 0.15) is 21.5 Å². The number of hydrogen-bond acceptors (Lipinski definition) is 4. The van der Waals surface area contributed by atoms with Crippen molar-refractivity contribution in [1.29, 1.82) is 0 Å². The van der Waals surface area contributed by atoms with Gasteiger partial charge in [-0.05, 0) is 54.8 Å². The lowest BCUT2D eigenvalue weighted by Gasteiger charge is -2.10. The zero-order valence-corrected chi connectivity index (χ0v) is 13.2. The maximum Gasteiger partial charge on any atom is 0.320 e. The third-order valence-electron chi connectivity index (χ3n) is 3.61. The monoisotopic (exact) mass is 327 g/mol. The molecular weight excluding hydrogens is 306 g/mol. The first-order valence-electron chi connectivity index (χ1n) is 7.67. The third kappa shape index (κ3) is 4.91. The van der Waals surface area contributed by atoms with E-state index < -0.39 is 12.0 Å². The summed E-state index contributed by atoms with van der Waals surface area (Å²) in [6.07, 6.45) is 0.973. The Morgan fingerprint density at radius 3 is 2.42 bits per heavy atom. The third-order valence-corrected chi connectivity index (χ3v) is 3.61. The highest BCUT2D eigenvalue weighted by Gasteiger charge is 2.13. The van der Waals surface area contributed by atoms with E-state index in [1.165, 1.54) is 0 Å². The fourth-order valence-corrected chi connectivity index (χ4v) is 2.31. The normalized spacial score (nSPS) is 11.8. The van der Waals surface area contributed by atoms with Crippen LogP contribution in [0.15, 0.2) is 48.5 Å². The summed E-state index contributed by atoms with van der Waals surface area (Å²) < 4.78 is 0. The van der Waals surface area contributed by atoms with E-state index in [2.05, 4.69) is 5.32 Å². The van der Waals surface area contributed by atoms with Gasteiger partial charge >= 0.3 is 5.97 Å². The largest absolute Gasteiger partial charge is 0.480 e. The number of rotatable bonds is 7. The van der Waals surface area contributed by atoms with Crippen molar-refractivity contribution in [3.05, 3.63) is 65.2 Å². The van der Waals surface area contributed by atoms with Gasteiger partial charge in [0.15, 0.2) is 0 Å². The molecule has 6 nitrogen and oxygen atoms in total. The molecule has 2 aromatic carbocycles. The molecular formula is C18H21N3O3. The Kier molecular flexibility index (Phi) is 6.06. The Hall–Kier alpha value is -2.70. The Morgan fingerprint density at radius 1 is 1.08 bits per heavy atom. The zero-order valence-electron chi connectivity index (χ0n) is 13.2. The van der Waals surface area contributed by atoms with Crippen molar-refractivity contribution in [1.82, 2.24) is 0 Å². The molecule has 0 aliphatic heterocycles. The first kappa shape index (κ1) is 17.7. The molecule has 0 saturated carbocycles. The minimum atomic E-state index is -1.05. The minimum Gasteiger partial charge on any atom is -0.480 e. The van der Waals surface area contributed by atoms with E-state index in [0.717, 1.165) is 17.5 Å². The molecule has 0 bridgehead atoms. The van der Waals surface area contributed by atoms with Crippen LogP contribution in [-0.2, 0) is 17.6 Å². The Balaban J connectivity index is 2.04. The first-order valence-corrected chi connectivity index (χ1v) is 7.67. The minimum absolute atomic E-state index is 0.201. The molecule has 126 valence electrons. The highest BCUT2D eigenvalue weighted by Crippen LogP contribution is 2.14. The second-order valence-corrected chi connectivity index (χ2v) is 5.54. The van der Waals surface area contributed by atoms with E-state index in [0.29, 0.717) is 17.8 Å². The molecule has 24 heavy (non-hydrogen) atoms. The average Bonchev–Trinajstić information content (AvgIpc) is 2.56. The van der Waals surface area contributed by atoms with Crippen molar-refractivity contribution >= 4 is 17.6 Å². The van der Waals surface area contributed by atoms with Gasteiger partial charge in [-0.25, -0.2) is 0 Å². The van der Waals surface area contributed by atoms with E-state index in [1.54, 1.807) is 36.4 Å². The smallest absolute Gasteiger partial charge is 0.320 e. The number of hydrogen-bond donors (Lipinski definition) is 4. The van der Waals surface area contributed by atoms with E-state index >= 15 is 0 Å². The van der Waals surface area contributed by atoms with Crippen LogP contribution >= 0.6 is 0 Å². The number of nitrogens with one attached hydrogen (secondary N) is 1. The molecule has 0 radical (unpaired) electrons. The van der Waals surface area contributed by atoms with Crippen LogP contribution in [0.2, 0.25) is 0 Å². The van der Waals surface area contributed by atoms with Gasteiger partial charge < -0.3 is 21.9 Å². The zero-order chi connectivity index (χ0) is 17.5. The summed E-state index contributed by atoms with van der Waals surface area (Å²) in [5.41, 5.74) is 14.0. The van der Waals surface area contributed by atoms with Crippen LogP contribution in [0, 0.1) is 0 Å². The number of aliphatic carboxylic acids is 1. The van der Waals surface area contributed by atoms with Crippen molar-refractivity contribution in [2.45, 2.75) is 18.9 Å². The van der Waals surface area contributed by atoms with Gasteiger partial charge in [0.1, 0.15) is 6.04 Å². The van der Waals surface area contributed by atoms with Gasteiger partial charge in [-0.1, -0.05) is 24.3 Å². The molecule has 0 saturated heterocycles. The average molecular weight is 327 g/mol. The molecule has 0 heterocycles. The number of anilines is 1. The van der Waals surface area contributed by atoms with Gasteiger partial charge in [-0.15, -0.1) is 0 Å². The first-order chi connectivity index (χ1) is 11.5. The summed E-state index contributed by atoms with van der Waals surface area (Å²) >= 11 is 0. The fourth-order valence-electron chi connectivity index (χ4n) is 2.31. The Bertz CT molecular complexity index is 714. The number of benzene rings is 2. The number of carbonyl (C=O) groups excluding carboxylic acids is 1. The predicted molar refractivity (Wildman–Crippen MR) is 92.9 cm³/mol. The standard InChI is InChI=1S/C18H21N3O3/c19-9-8-12-4-6-14(7-5-12)17(22)21-15-3-1-2-13(10-15)11-16(20)18(23)24/h1-7,10,16H,8-9,11,19-20H2,(H,21,22)(H,23,24). The Morgan fingerprint density at radius 2 is 1.79 bits per heavy atom. The van der Waals surface area contributed by atoms with Crippen LogP contribution in [0.3, 0.4) is 0 Å². The number of carbonyl (C=O) groups is 2. The summed E-state index contributed by atoms with van der Waals surface area (Å²) in [5.74, 6) is -1.28. The van der Waals surface area contributed by atoms with Crippen molar-refractivity contribution < 1.29 is 14.7 Å². The second kappa shape index (κ2) is 8.24. The molecule has 0 fully saturated rings. The van der Waals surface area contributed by atoms with Crippen molar-refractivity contribution in [3.63, 3.8) is 0 Å². The number of carboxylic acid groups (broad SMARTS) is 1. The molecule has 1 atom stereocenters. The summed E-state index contributed by atoms with van der Waals surface area (Å²) in [5, 5.41) is 11.7. The van der Waals surface area contributed by atoms with E-state index in [9.17, 15) is 9.59 Å². The highest BCUT2D eigenvalue weighted by molar-refractivity contribution is 6.04. The molecule has 6 N–H and O–H groups in total. The quantitative estimate of drug-likeness (QED) is 0.613. The van der Waals surface area contributed by atoms with Gasteiger partial charge in [0, 0.05) is 11.3 Å². The molecule has 2 rings (SSSR count). The molecule has 2 aromatic rings. The predicted octanol–water partition coefficient (Wildman–Crippen LogP) is 1.39. The van der Waals surface area contributed by atoms with Crippen molar-refractivity contribution in [3.8, 4) is 0 Å². The summed E-state index contributed by atoms with van der Waals surface area (Å²) in [6, 6.07) is 13.3. The lowest BCUT2D eigenvalue weighted by Crippen LogP contribution is -2.32. The summed E-state index contributed by atoms with van der Waals surface area (Å²) in [7, 11) is 0. The lowest BCUT2D eigenvalue weighted by atomic mass is 10.1. The van der Waals surface area contributed by atoms with Gasteiger partial charge in [-0.3, -0.25) is 9.59 Å². The van der Waals surface area contributed by atoms with Crippen molar-refractivity contribution in [2.75, 3.05) is 11.9 Å². The molecule has 0 aliphatic rings. The topological polar surface area (TPSA) is 118 Å². The second-order valence-electron chi connectivity index (χ2n) is 5.54. The fraction of sp³-hybridized carbons (Fsp3) is 0.222. The van der Waals surface area contributed by atoms with Gasteiger partial charge in [0.25, 0.3) is 5.91 Å². The molecule has 0 aliphatic carbocycles. The summed E-state index contributed by atoms with van der Waals surface area (Å²) in [6.45, 7) is 0.566. The number of nitrogens with two attached hydrogens (primary N) is 2. The van der Waals surface area contributed by atoms with Crippen LogP contribution in [0.4, 0.5) is 5.69 Å². The van der Waals surface area contributed by atoms with Crippen LogP contribution < -0.4 is 16.8 Å². The molecule has 0 aromatic heterocycles. The van der Waals surface area contributed by atoms with Gasteiger partial charge in [-0.2, -0.15) is 0 Å². The Labute approximate surface area is 140 Å². The number of carboxylic acids is 1. The molecule has 0 spiro atoms. The maximum atomic E-state index is 12.3. The van der Waals surface area contributed by atoms with Crippen LogP contribution in [0.5, 0.6) is 0 Å². The van der Waals surface area contributed by atoms with E-state index in [1.807, 2.05) is 12.1 Å². The van der Waals surface area contributed by atoms with E-state index in [4.69, 9.17) is 16.6 Å². The van der Waals surface area contributed by atoms with Crippen LogP contribution in [-0.4, -0.2) is 29.6 Å². The summed E-state index contributed by atoms with van der Waals surface area (Å²) in [4.78, 5) is 23.1. The number of amides is 1. The van der Waals surface area contributed by atoms with Gasteiger partial charge in [0.2, 0.25) is 0 Å². The SMILES string of the molecule is NCCc1ccc(C(=O)Nc2cccc(CC(N)C(=O)O)c2)cc1. The van der Waals surface area contributed by atoms with Crippen LogP contribution in [0.25, 0.3) is 0 Å².